The molecular weight excluding hydrogens is 366 g/mol. The van der Waals surface area contributed by atoms with Crippen LogP contribution in [0.4, 0.5) is 0 Å². The van der Waals surface area contributed by atoms with E-state index >= 15 is 0 Å². The van der Waals surface area contributed by atoms with Gasteiger partial charge in [0.05, 0.1) is 12.6 Å². The van der Waals surface area contributed by atoms with Gasteiger partial charge in [-0.15, -0.1) is 12.4 Å². The molecule has 2 heterocycles. The Balaban J connectivity index is 0.00000261. The second-order valence-electron chi connectivity index (χ2n) is 7.11. The number of hydrogen-bond acceptors (Lipinski definition) is 4. The van der Waals surface area contributed by atoms with Crippen LogP contribution in [0.25, 0.3) is 0 Å². The van der Waals surface area contributed by atoms with Gasteiger partial charge in [0.2, 0.25) is 5.91 Å². The Bertz CT molecular complexity index is 617. The van der Waals surface area contributed by atoms with Gasteiger partial charge in [0.15, 0.2) is 0 Å². The molecule has 2 aliphatic rings. The molecule has 1 aromatic carbocycles. The summed E-state index contributed by atoms with van der Waals surface area (Å²) in [4.78, 5) is 26.8. The Morgan fingerprint density at radius 2 is 2.00 bits per heavy atom. The van der Waals surface area contributed by atoms with Crippen LogP contribution in [0.2, 0.25) is 0 Å². The Kier molecular flexibility index (Phi) is 8.38. The van der Waals surface area contributed by atoms with Crippen molar-refractivity contribution in [2.75, 3.05) is 32.8 Å². The van der Waals surface area contributed by atoms with Crippen LogP contribution in [0.1, 0.15) is 43.0 Å². The zero-order valence-electron chi connectivity index (χ0n) is 15.9. The summed E-state index contributed by atoms with van der Waals surface area (Å²) in [6, 6.07) is 7.29. The number of rotatable bonds is 6. The molecule has 2 amide bonds. The maximum atomic E-state index is 12.7. The van der Waals surface area contributed by atoms with Gasteiger partial charge in [-0.2, -0.15) is 0 Å². The second-order valence-corrected chi connectivity index (χ2v) is 7.11. The van der Waals surface area contributed by atoms with Gasteiger partial charge in [-0.3, -0.25) is 9.59 Å². The van der Waals surface area contributed by atoms with Crippen molar-refractivity contribution in [1.82, 2.24) is 15.5 Å². The minimum atomic E-state index is -0.0415. The second kappa shape index (κ2) is 10.5. The Labute approximate surface area is 167 Å². The van der Waals surface area contributed by atoms with Gasteiger partial charge < -0.3 is 20.3 Å². The van der Waals surface area contributed by atoms with Gasteiger partial charge in [-0.05, 0) is 69.3 Å². The Hall–Kier alpha value is -1.79. The van der Waals surface area contributed by atoms with Crippen LogP contribution in [0.15, 0.2) is 24.3 Å². The highest BCUT2D eigenvalue weighted by Crippen LogP contribution is 2.20. The van der Waals surface area contributed by atoms with Crippen molar-refractivity contribution in [3.8, 4) is 5.75 Å². The topological polar surface area (TPSA) is 70.7 Å². The number of piperidine rings is 1. The third kappa shape index (κ3) is 5.84. The van der Waals surface area contributed by atoms with Crippen molar-refractivity contribution in [3.63, 3.8) is 0 Å². The summed E-state index contributed by atoms with van der Waals surface area (Å²) in [6.45, 7) is 5.60. The standard InChI is InChI=1S/C20H29N3O3.ClH/c1-2-26-17-9-7-16(8-10-17)20(25)23-12-4-5-15(14-23)13-22-19(24)18-6-3-11-21-18;/h7-10,15,18,21H,2-6,11-14H2,1H3,(H,22,24);1H. The number of nitrogens with zero attached hydrogens (tertiary/aromatic N) is 1. The lowest BCUT2D eigenvalue weighted by Crippen LogP contribution is -2.46. The maximum absolute atomic E-state index is 12.7. The van der Waals surface area contributed by atoms with Gasteiger partial charge in [-0.25, -0.2) is 0 Å². The van der Waals surface area contributed by atoms with Gasteiger partial charge >= 0.3 is 0 Å². The normalized spacial score (nSPS) is 22.0. The fourth-order valence-corrected chi connectivity index (χ4v) is 3.74. The fourth-order valence-electron chi connectivity index (χ4n) is 3.74. The van der Waals surface area contributed by atoms with Crippen molar-refractivity contribution >= 4 is 24.2 Å². The van der Waals surface area contributed by atoms with Crippen molar-refractivity contribution < 1.29 is 14.3 Å². The lowest BCUT2D eigenvalue weighted by atomic mass is 9.97. The molecule has 2 unspecified atom stereocenters. The molecule has 0 radical (unpaired) electrons. The quantitative estimate of drug-likeness (QED) is 0.774. The Morgan fingerprint density at radius 1 is 1.22 bits per heavy atom. The smallest absolute Gasteiger partial charge is 0.253 e. The largest absolute Gasteiger partial charge is 0.494 e. The molecule has 27 heavy (non-hydrogen) atoms. The third-order valence-corrected chi connectivity index (χ3v) is 5.16. The van der Waals surface area contributed by atoms with E-state index in [9.17, 15) is 9.59 Å². The van der Waals surface area contributed by atoms with Crippen LogP contribution >= 0.6 is 12.4 Å². The molecule has 1 aromatic rings. The molecule has 2 aliphatic heterocycles. The van der Waals surface area contributed by atoms with E-state index in [1.807, 2.05) is 36.1 Å². The molecule has 7 heteroatoms. The highest BCUT2D eigenvalue weighted by atomic mass is 35.5. The molecule has 0 saturated carbocycles. The molecule has 6 nitrogen and oxygen atoms in total. The average molecular weight is 396 g/mol. The van der Waals surface area contributed by atoms with Crippen molar-refractivity contribution in [2.24, 2.45) is 5.92 Å². The SMILES string of the molecule is CCOc1ccc(C(=O)N2CCCC(CNC(=O)C3CCCN3)C2)cc1.Cl. The van der Waals surface area contributed by atoms with E-state index in [1.54, 1.807) is 0 Å². The van der Waals surface area contributed by atoms with E-state index in [1.165, 1.54) is 0 Å². The zero-order chi connectivity index (χ0) is 18.4. The minimum absolute atomic E-state index is 0. The summed E-state index contributed by atoms with van der Waals surface area (Å²) < 4.78 is 5.43. The molecule has 0 aromatic heterocycles. The van der Waals surface area contributed by atoms with Crippen LogP contribution < -0.4 is 15.4 Å². The number of halogens is 1. The van der Waals surface area contributed by atoms with Crippen LogP contribution in [0.3, 0.4) is 0 Å². The van der Waals surface area contributed by atoms with Crippen LogP contribution in [0.5, 0.6) is 5.75 Å². The van der Waals surface area contributed by atoms with Gasteiger partial charge in [0.1, 0.15) is 5.75 Å². The summed E-state index contributed by atoms with van der Waals surface area (Å²) in [5.74, 6) is 1.25. The first-order valence-corrected chi connectivity index (χ1v) is 9.70. The molecule has 0 spiro atoms. The monoisotopic (exact) mass is 395 g/mol. The average Bonchev–Trinajstić information content (AvgIpc) is 3.22. The highest BCUT2D eigenvalue weighted by molar-refractivity contribution is 5.94. The summed E-state index contributed by atoms with van der Waals surface area (Å²) in [7, 11) is 0. The summed E-state index contributed by atoms with van der Waals surface area (Å²) in [5, 5.41) is 6.28. The molecule has 2 fully saturated rings. The number of amides is 2. The van der Waals surface area contributed by atoms with Crippen LogP contribution in [-0.4, -0.2) is 55.5 Å². The highest BCUT2D eigenvalue weighted by Gasteiger charge is 2.26. The first-order valence-electron chi connectivity index (χ1n) is 9.70. The van der Waals surface area contributed by atoms with E-state index < -0.39 is 0 Å². The minimum Gasteiger partial charge on any atom is -0.494 e. The summed E-state index contributed by atoms with van der Waals surface area (Å²) in [6.07, 6.45) is 4.00. The predicted molar refractivity (Wildman–Crippen MR) is 108 cm³/mol. The van der Waals surface area contributed by atoms with Crippen LogP contribution in [0, 0.1) is 5.92 Å². The fraction of sp³-hybridized carbons (Fsp3) is 0.600. The number of carbonyl (C=O) groups is 2. The van der Waals surface area contributed by atoms with Crippen LogP contribution in [-0.2, 0) is 4.79 Å². The lowest BCUT2D eigenvalue weighted by Gasteiger charge is -2.33. The van der Waals surface area contributed by atoms with Gasteiger partial charge in [0, 0.05) is 25.2 Å². The molecule has 2 saturated heterocycles. The Morgan fingerprint density at radius 3 is 2.67 bits per heavy atom. The number of likely N-dealkylation sites (tertiary alicyclic amines) is 1. The number of carbonyl (C=O) groups excluding carboxylic acids is 2. The maximum Gasteiger partial charge on any atom is 0.253 e. The lowest BCUT2D eigenvalue weighted by molar-refractivity contribution is -0.123. The molecular formula is C20H30ClN3O3. The molecule has 150 valence electrons. The number of benzene rings is 1. The molecule has 0 aliphatic carbocycles. The van der Waals surface area contributed by atoms with Gasteiger partial charge in [0.25, 0.3) is 5.91 Å². The third-order valence-electron chi connectivity index (χ3n) is 5.16. The van der Waals surface area contributed by atoms with Crippen molar-refractivity contribution in [2.45, 2.75) is 38.6 Å². The predicted octanol–water partition coefficient (Wildman–Crippen LogP) is 2.23. The molecule has 2 atom stereocenters. The number of hydrogen-bond donors (Lipinski definition) is 2. The van der Waals surface area contributed by atoms with E-state index in [4.69, 9.17) is 4.74 Å². The van der Waals surface area contributed by atoms with Gasteiger partial charge in [-0.1, -0.05) is 0 Å². The van der Waals surface area contributed by atoms with E-state index in [0.717, 1.165) is 44.5 Å². The molecule has 2 N–H and O–H groups in total. The molecule has 0 bridgehead atoms. The number of nitrogens with one attached hydrogen (secondary N) is 2. The van der Waals surface area contributed by atoms with E-state index in [-0.39, 0.29) is 30.3 Å². The van der Waals surface area contributed by atoms with Crippen molar-refractivity contribution in [3.05, 3.63) is 29.8 Å². The number of ether oxygens (including phenoxy) is 1. The molecule has 3 rings (SSSR count). The summed E-state index contributed by atoms with van der Waals surface area (Å²) in [5.41, 5.74) is 0.688. The zero-order valence-corrected chi connectivity index (χ0v) is 16.7. The summed E-state index contributed by atoms with van der Waals surface area (Å²) >= 11 is 0. The van der Waals surface area contributed by atoms with E-state index in [0.29, 0.717) is 31.2 Å². The van der Waals surface area contributed by atoms with Crippen molar-refractivity contribution in [1.29, 1.82) is 0 Å². The first-order chi connectivity index (χ1) is 12.7. The first kappa shape index (κ1) is 21.5. The van der Waals surface area contributed by atoms with E-state index in [2.05, 4.69) is 10.6 Å².